The summed E-state index contributed by atoms with van der Waals surface area (Å²) in [6.45, 7) is 0. The summed E-state index contributed by atoms with van der Waals surface area (Å²) in [5, 5.41) is 22.3. The van der Waals surface area contributed by atoms with Gasteiger partial charge in [-0.2, -0.15) is 0 Å². The number of halogens is 2. The van der Waals surface area contributed by atoms with Gasteiger partial charge in [0.05, 0.1) is 5.69 Å². The molecule has 182 valence electrons. The van der Waals surface area contributed by atoms with Gasteiger partial charge in [0.15, 0.2) is 6.10 Å². The number of hydrazine groups is 1. The number of carboxylic acids is 1. The maximum Gasteiger partial charge on any atom is 0.332 e. The van der Waals surface area contributed by atoms with Gasteiger partial charge >= 0.3 is 17.8 Å². The van der Waals surface area contributed by atoms with Gasteiger partial charge in [-0.25, -0.2) is 4.79 Å². The van der Waals surface area contributed by atoms with Crippen LogP contribution in [-0.4, -0.2) is 40.1 Å². The summed E-state index contributed by atoms with van der Waals surface area (Å²) < 4.78 is 0. The highest BCUT2D eigenvalue weighted by atomic mass is 35.5. The zero-order chi connectivity index (χ0) is 25.4. The lowest BCUT2D eigenvalue weighted by Crippen LogP contribution is -2.48. The van der Waals surface area contributed by atoms with Crippen LogP contribution in [0.4, 0.5) is 5.69 Å². The number of carbonyl (C=O) groups is 3. The van der Waals surface area contributed by atoms with Crippen LogP contribution in [0.15, 0.2) is 72.8 Å². The molecule has 0 radical (unpaired) electrons. The van der Waals surface area contributed by atoms with Crippen LogP contribution in [0.1, 0.15) is 12.0 Å². The minimum atomic E-state index is -1.73. The molecule has 3 aromatic rings. The lowest BCUT2D eigenvalue weighted by Gasteiger charge is -2.21. The van der Waals surface area contributed by atoms with Crippen LogP contribution < -0.4 is 16.2 Å². The molecule has 0 heterocycles. The van der Waals surface area contributed by atoms with Crippen LogP contribution >= 0.6 is 23.2 Å². The topological polar surface area (TPSA) is 128 Å². The molecule has 0 bridgehead atoms. The Kier molecular flexibility index (Phi) is 9.08. The van der Waals surface area contributed by atoms with Crippen molar-refractivity contribution >= 4 is 46.7 Å². The molecule has 35 heavy (non-hydrogen) atoms. The summed E-state index contributed by atoms with van der Waals surface area (Å²) in [5.41, 5.74) is 7.71. The summed E-state index contributed by atoms with van der Waals surface area (Å²) in [6.07, 6.45) is -1.90. The van der Waals surface area contributed by atoms with E-state index in [1.165, 1.54) is 0 Å². The van der Waals surface area contributed by atoms with E-state index in [9.17, 15) is 19.5 Å². The highest BCUT2D eigenvalue weighted by Gasteiger charge is 2.25. The van der Waals surface area contributed by atoms with Crippen molar-refractivity contribution in [2.45, 2.75) is 25.0 Å². The quantitative estimate of drug-likeness (QED) is 0.218. The maximum atomic E-state index is 12.4. The van der Waals surface area contributed by atoms with E-state index in [0.29, 0.717) is 21.3 Å². The van der Waals surface area contributed by atoms with Crippen molar-refractivity contribution in [2.75, 3.05) is 5.43 Å². The number of aliphatic hydroxyl groups excluding tert-OH is 1. The van der Waals surface area contributed by atoms with Gasteiger partial charge in [0.1, 0.15) is 0 Å². The number of amides is 2. The molecular formula is C25H23Cl2N3O5. The second-order valence-corrected chi connectivity index (χ2v) is 8.58. The summed E-state index contributed by atoms with van der Waals surface area (Å²) in [4.78, 5) is 35.9. The van der Waals surface area contributed by atoms with E-state index in [2.05, 4.69) is 16.2 Å². The minimum absolute atomic E-state index is 0.139. The molecule has 0 unspecified atom stereocenters. The lowest BCUT2D eigenvalue weighted by molar-refractivity contribution is -0.147. The van der Waals surface area contributed by atoms with Crippen molar-refractivity contribution in [2.24, 2.45) is 0 Å². The molecule has 5 N–H and O–H groups in total. The molecule has 0 aliphatic carbocycles. The average Bonchev–Trinajstić information content (AvgIpc) is 2.83. The molecule has 2 amide bonds. The van der Waals surface area contributed by atoms with Crippen LogP contribution in [0.3, 0.4) is 0 Å². The van der Waals surface area contributed by atoms with Crippen molar-refractivity contribution < 1.29 is 24.6 Å². The fraction of sp³-hybridized carbons (Fsp3) is 0.160. The molecule has 8 nitrogen and oxygen atoms in total. The monoisotopic (exact) mass is 515 g/mol. The first-order valence-corrected chi connectivity index (χ1v) is 11.4. The molecule has 0 fully saturated rings. The second kappa shape index (κ2) is 12.2. The SMILES string of the molecule is O=C(NNc1cccc(Cl)c1)C(=O)N[C@H](Cc1ccc(-c2ccccc2)c(Cl)c1)C[C@@H](O)C(=O)O. The normalized spacial score (nSPS) is 12.3. The first-order chi connectivity index (χ1) is 16.7. The number of hydrogen-bond acceptors (Lipinski definition) is 5. The number of aliphatic hydroxyl groups is 1. The van der Waals surface area contributed by atoms with Gasteiger partial charge < -0.3 is 15.5 Å². The van der Waals surface area contributed by atoms with Crippen molar-refractivity contribution in [3.63, 3.8) is 0 Å². The summed E-state index contributed by atoms with van der Waals surface area (Å²) in [7, 11) is 0. The Morgan fingerprint density at radius 1 is 0.886 bits per heavy atom. The Balaban J connectivity index is 1.69. The number of hydrogen-bond donors (Lipinski definition) is 5. The molecule has 3 aromatic carbocycles. The second-order valence-electron chi connectivity index (χ2n) is 7.73. The average molecular weight is 516 g/mol. The van der Waals surface area contributed by atoms with E-state index < -0.39 is 29.9 Å². The van der Waals surface area contributed by atoms with E-state index in [-0.39, 0.29) is 12.8 Å². The number of carboxylic acid groups (broad SMARTS) is 1. The predicted octanol–water partition coefficient (Wildman–Crippen LogP) is 3.67. The number of anilines is 1. The van der Waals surface area contributed by atoms with Crippen molar-refractivity contribution in [3.8, 4) is 11.1 Å². The third kappa shape index (κ3) is 7.71. The van der Waals surface area contributed by atoms with Gasteiger partial charge in [-0.1, -0.05) is 71.7 Å². The van der Waals surface area contributed by atoms with E-state index in [4.69, 9.17) is 28.3 Å². The van der Waals surface area contributed by atoms with E-state index in [1.54, 1.807) is 36.4 Å². The fourth-order valence-electron chi connectivity index (χ4n) is 3.39. The molecule has 2 atom stereocenters. The summed E-state index contributed by atoms with van der Waals surface area (Å²) in [6, 6.07) is 20.5. The zero-order valence-electron chi connectivity index (χ0n) is 18.4. The molecular weight excluding hydrogens is 493 g/mol. The van der Waals surface area contributed by atoms with Gasteiger partial charge in [-0.3, -0.25) is 20.4 Å². The van der Waals surface area contributed by atoms with Crippen molar-refractivity contribution in [3.05, 3.63) is 88.4 Å². The minimum Gasteiger partial charge on any atom is -0.479 e. The largest absolute Gasteiger partial charge is 0.479 e. The van der Waals surface area contributed by atoms with Gasteiger partial charge in [0.25, 0.3) is 0 Å². The molecule has 10 heteroatoms. The molecule has 0 saturated carbocycles. The van der Waals surface area contributed by atoms with E-state index >= 15 is 0 Å². The summed E-state index contributed by atoms with van der Waals surface area (Å²) >= 11 is 12.3. The third-order valence-corrected chi connectivity index (χ3v) is 5.63. The van der Waals surface area contributed by atoms with Crippen LogP contribution in [0.25, 0.3) is 11.1 Å². The smallest absolute Gasteiger partial charge is 0.332 e. The van der Waals surface area contributed by atoms with Gasteiger partial charge in [-0.15, -0.1) is 0 Å². The number of benzene rings is 3. The molecule has 0 aliphatic heterocycles. The fourth-order valence-corrected chi connectivity index (χ4v) is 3.89. The van der Waals surface area contributed by atoms with E-state index in [0.717, 1.165) is 11.1 Å². The van der Waals surface area contributed by atoms with Gasteiger partial charge in [0.2, 0.25) is 0 Å². The van der Waals surface area contributed by atoms with Crippen molar-refractivity contribution in [1.82, 2.24) is 10.7 Å². The molecule has 0 saturated heterocycles. The highest BCUT2D eigenvalue weighted by Crippen LogP contribution is 2.29. The van der Waals surface area contributed by atoms with Crippen molar-refractivity contribution in [1.29, 1.82) is 0 Å². The molecule has 3 rings (SSSR count). The number of aliphatic carboxylic acids is 1. The molecule has 0 aliphatic rings. The maximum absolute atomic E-state index is 12.4. The number of nitrogens with one attached hydrogen (secondary N) is 3. The third-order valence-electron chi connectivity index (χ3n) is 5.08. The number of rotatable bonds is 9. The van der Waals surface area contributed by atoms with Gasteiger partial charge in [0, 0.05) is 28.1 Å². The first-order valence-electron chi connectivity index (χ1n) is 10.6. The molecule has 0 spiro atoms. The lowest BCUT2D eigenvalue weighted by atomic mass is 9.97. The standard InChI is InChI=1S/C25H23Cl2N3O5/c26-17-7-4-8-18(13-17)29-30-24(33)23(32)28-19(14-22(31)25(34)35)11-15-9-10-20(21(27)12-15)16-5-2-1-3-6-16/h1-10,12-13,19,22,29,31H,11,14H2,(H,28,32)(H,30,33)(H,34,35)/t19-,22-/m1/s1. The molecule has 0 aromatic heterocycles. The predicted molar refractivity (Wildman–Crippen MR) is 134 cm³/mol. The van der Waals surface area contributed by atoms with Crippen LogP contribution in [0.2, 0.25) is 10.0 Å². The Bertz CT molecular complexity index is 1210. The Hall–Kier alpha value is -3.59. The first kappa shape index (κ1) is 26.0. The highest BCUT2D eigenvalue weighted by molar-refractivity contribution is 6.35. The van der Waals surface area contributed by atoms with Crippen LogP contribution in [0, 0.1) is 0 Å². The Morgan fingerprint density at radius 3 is 2.29 bits per heavy atom. The van der Waals surface area contributed by atoms with Gasteiger partial charge in [-0.05, 0) is 41.8 Å². The zero-order valence-corrected chi connectivity index (χ0v) is 19.9. The van der Waals surface area contributed by atoms with Crippen LogP contribution in [0.5, 0.6) is 0 Å². The Morgan fingerprint density at radius 2 is 1.63 bits per heavy atom. The van der Waals surface area contributed by atoms with Crippen LogP contribution in [-0.2, 0) is 20.8 Å². The number of carbonyl (C=O) groups excluding carboxylic acids is 2. The Labute approximate surface area is 211 Å². The summed E-state index contributed by atoms with van der Waals surface area (Å²) in [5.74, 6) is -3.44. The van der Waals surface area contributed by atoms with E-state index in [1.807, 2.05) is 36.4 Å².